The summed E-state index contributed by atoms with van der Waals surface area (Å²) in [6, 6.07) is 15.4. The number of anilines is 1. The molecule has 1 atom stereocenters. The zero-order chi connectivity index (χ0) is 13.2. The molecule has 1 heterocycles. The van der Waals surface area contributed by atoms with Crippen LogP contribution in [0.25, 0.3) is 6.08 Å². The molecule has 2 aromatic carbocycles. The van der Waals surface area contributed by atoms with E-state index in [1.807, 2.05) is 54.6 Å². The number of fused-ring (bicyclic) bond motifs is 1. The summed E-state index contributed by atoms with van der Waals surface area (Å²) in [5, 5.41) is 4.08. The lowest BCUT2D eigenvalue weighted by Crippen LogP contribution is -2.18. The SMILES string of the molecule is O=CC1=Cc2ccccc2N[C@@H]1c1ccc(Cl)cc1. The molecule has 3 heteroatoms. The molecule has 0 amide bonds. The third-order valence-electron chi connectivity index (χ3n) is 3.26. The fraction of sp³-hybridized carbons (Fsp3) is 0.0625. The van der Waals surface area contributed by atoms with E-state index in [1.165, 1.54) is 0 Å². The molecule has 0 unspecified atom stereocenters. The highest BCUT2D eigenvalue weighted by Gasteiger charge is 2.21. The molecular formula is C16H12ClNO. The Morgan fingerprint density at radius 1 is 1.05 bits per heavy atom. The number of halogens is 1. The van der Waals surface area contributed by atoms with Crippen LogP contribution in [0.2, 0.25) is 5.02 Å². The van der Waals surface area contributed by atoms with Gasteiger partial charge in [-0.1, -0.05) is 41.9 Å². The lowest BCUT2D eigenvalue weighted by Gasteiger charge is -2.26. The molecule has 2 nitrogen and oxygen atoms in total. The largest absolute Gasteiger partial charge is 0.374 e. The van der Waals surface area contributed by atoms with Gasteiger partial charge in [-0.15, -0.1) is 0 Å². The number of para-hydroxylation sites is 1. The third kappa shape index (κ3) is 2.27. The summed E-state index contributed by atoms with van der Waals surface area (Å²) < 4.78 is 0. The Bertz CT molecular complexity index is 646. The Balaban J connectivity index is 2.04. The average molecular weight is 270 g/mol. The monoisotopic (exact) mass is 269 g/mol. The Morgan fingerprint density at radius 3 is 2.53 bits per heavy atom. The van der Waals surface area contributed by atoms with Crippen LogP contribution in [0.15, 0.2) is 54.1 Å². The Hall–Kier alpha value is -2.06. The van der Waals surface area contributed by atoms with E-state index >= 15 is 0 Å². The van der Waals surface area contributed by atoms with Crippen LogP contribution < -0.4 is 5.32 Å². The lowest BCUT2D eigenvalue weighted by molar-refractivity contribution is -0.105. The van der Waals surface area contributed by atoms with Gasteiger partial charge in [0.05, 0.1) is 6.04 Å². The number of aldehydes is 1. The van der Waals surface area contributed by atoms with Crippen molar-refractivity contribution in [3.05, 3.63) is 70.3 Å². The van der Waals surface area contributed by atoms with Crippen molar-refractivity contribution in [1.29, 1.82) is 0 Å². The molecule has 3 rings (SSSR count). The summed E-state index contributed by atoms with van der Waals surface area (Å²) in [5.74, 6) is 0. The molecule has 0 bridgehead atoms. The van der Waals surface area contributed by atoms with Gasteiger partial charge in [-0.25, -0.2) is 0 Å². The van der Waals surface area contributed by atoms with E-state index in [4.69, 9.17) is 11.6 Å². The minimum Gasteiger partial charge on any atom is -0.374 e. The molecule has 19 heavy (non-hydrogen) atoms. The first-order valence-electron chi connectivity index (χ1n) is 6.06. The van der Waals surface area contributed by atoms with E-state index in [0.717, 1.165) is 28.7 Å². The number of hydrogen-bond acceptors (Lipinski definition) is 2. The number of benzene rings is 2. The molecule has 2 aromatic rings. The summed E-state index contributed by atoms with van der Waals surface area (Å²) in [6.07, 6.45) is 2.83. The van der Waals surface area contributed by atoms with Gasteiger partial charge >= 0.3 is 0 Å². The predicted octanol–water partition coefficient (Wildman–Crippen LogP) is 4.09. The second kappa shape index (κ2) is 4.90. The molecule has 0 aliphatic carbocycles. The van der Waals surface area contributed by atoms with E-state index < -0.39 is 0 Å². The second-order valence-corrected chi connectivity index (χ2v) is 4.91. The third-order valence-corrected chi connectivity index (χ3v) is 3.51. The molecule has 0 radical (unpaired) electrons. The zero-order valence-corrected chi connectivity index (χ0v) is 10.9. The lowest BCUT2D eigenvalue weighted by atomic mass is 9.93. The maximum atomic E-state index is 11.3. The summed E-state index contributed by atoms with van der Waals surface area (Å²) in [6.45, 7) is 0. The van der Waals surface area contributed by atoms with Crippen LogP contribution in [0.4, 0.5) is 5.69 Å². The van der Waals surface area contributed by atoms with Gasteiger partial charge in [0.2, 0.25) is 0 Å². The van der Waals surface area contributed by atoms with Gasteiger partial charge in [-0.3, -0.25) is 4.79 Å². The fourth-order valence-electron chi connectivity index (χ4n) is 2.29. The number of rotatable bonds is 2. The molecule has 1 aliphatic rings. The first-order valence-corrected chi connectivity index (χ1v) is 6.43. The molecule has 1 aliphatic heterocycles. The van der Waals surface area contributed by atoms with E-state index in [0.29, 0.717) is 5.02 Å². The molecule has 1 N–H and O–H groups in total. The Kier molecular flexibility index (Phi) is 3.10. The van der Waals surface area contributed by atoms with Crippen LogP contribution in [0.1, 0.15) is 17.2 Å². The predicted molar refractivity (Wildman–Crippen MR) is 78.3 cm³/mol. The van der Waals surface area contributed by atoms with E-state index in [9.17, 15) is 4.79 Å². The summed E-state index contributed by atoms with van der Waals surface area (Å²) in [7, 11) is 0. The highest BCUT2D eigenvalue weighted by atomic mass is 35.5. The fourth-order valence-corrected chi connectivity index (χ4v) is 2.42. The highest BCUT2D eigenvalue weighted by Crippen LogP contribution is 2.34. The van der Waals surface area contributed by atoms with Crippen LogP contribution in [0.3, 0.4) is 0 Å². The van der Waals surface area contributed by atoms with E-state index in [1.54, 1.807) is 0 Å². The van der Waals surface area contributed by atoms with Crippen molar-refractivity contribution in [1.82, 2.24) is 0 Å². The molecule has 0 saturated heterocycles. The van der Waals surface area contributed by atoms with Gasteiger partial charge in [-0.2, -0.15) is 0 Å². The van der Waals surface area contributed by atoms with Crippen molar-refractivity contribution < 1.29 is 4.79 Å². The number of carbonyl (C=O) groups excluding carboxylic acids is 1. The normalized spacial score (nSPS) is 17.1. The standard InChI is InChI=1S/C16H12ClNO/c17-14-7-5-11(6-8-14)16-13(10-19)9-12-3-1-2-4-15(12)18-16/h1-10,16,18H/t16-/m1/s1. The Labute approximate surface area is 116 Å². The molecule has 0 saturated carbocycles. The van der Waals surface area contributed by atoms with Gasteiger partial charge in [0.1, 0.15) is 6.29 Å². The quantitative estimate of drug-likeness (QED) is 0.832. The van der Waals surface area contributed by atoms with Crippen molar-refractivity contribution in [3.63, 3.8) is 0 Å². The number of hydrogen-bond donors (Lipinski definition) is 1. The topological polar surface area (TPSA) is 29.1 Å². The van der Waals surface area contributed by atoms with Gasteiger partial charge in [0.15, 0.2) is 0 Å². The molecule has 94 valence electrons. The minimum atomic E-state index is -0.121. The molecular weight excluding hydrogens is 258 g/mol. The van der Waals surface area contributed by atoms with Crippen molar-refractivity contribution >= 4 is 29.7 Å². The first-order chi connectivity index (χ1) is 9.28. The van der Waals surface area contributed by atoms with Crippen LogP contribution in [-0.4, -0.2) is 6.29 Å². The van der Waals surface area contributed by atoms with E-state index in [-0.39, 0.29) is 6.04 Å². The van der Waals surface area contributed by atoms with Crippen molar-refractivity contribution in [3.8, 4) is 0 Å². The minimum absolute atomic E-state index is 0.121. The molecule has 0 aromatic heterocycles. The average Bonchev–Trinajstić information content (AvgIpc) is 2.46. The second-order valence-electron chi connectivity index (χ2n) is 4.48. The summed E-state index contributed by atoms with van der Waals surface area (Å²) >= 11 is 5.90. The van der Waals surface area contributed by atoms with Crippen LogP contribution in [-0.2, 0) is 4.79 Å². The van der Waals surface area contributed by atoms with Crippen molar-refractivity contribution in [2.24, 2.45) is 0 Å². The maximum absolute atomic E-state index is 11.3. The zero-order valence-electron chi connectivity index (χ0n) is 10.1. The van der Waals surface area contributed by atoms with Crippen LogP contribution in [0.5, 0.6) is 0 Å². The number of nitrogens with one attached hydrogen (secondary N) is 1. The van der Waals surface area contributed by atoms with Gasteiger partial charge < -0.3 is 5.32 Å². The maximum Gasteiger partial charge on any atom is 0.148 e. The van der Waals surface area contributed by atoms with E-state index in [2.05, 4.69) is 5.32 Å². The van der Waals surface area contributed by atoms with Gasteiger partial charge in [0, 0.05) is 16.3 Å². The summed E-state index contributed by atoms with van der Waals surface area (Å²) in [4.78, 5) is 11.3. The molecule has 0 fully saturated rings. The van der Waals surface area contributed by atoms with Gasteiger partial charge in [0.25, 0.3) is 0 Å². The van der Waals surface area contributed by atoms with Crippen molar-refractivity contribution in [2.75, 3.05) is 5.32 Å². The van der Waals surface area contributed by atoms with Crippen molar-refractivity contribution in [2.45, 2.75) is 6.04 Å². The number of carbonyl (C=O) groups is 1. The smallest absolute Gasteiger partial charge is 0.148 e. The van der Waals surface area contributed by atoms with Crippen LogP contribution in [0, 0.1) is 0 Å². The molecule has 0 spiro atoms. The van der Waals surface area contributed by atoms with Crippen LogP contribution >= 0.6 is 11.6 Å². The summed E-state index contributed by atoms with van der Waals surface area (Å²) in [5.41, 5.74) is 3.82. The van der Waals surface area contributed by atoms with Gasteiger partial charge in [-0.05, 0) is 35.4 Å². The first kappa shape index (κ1) is 12.0. The Morgan fingerprint density at radius 2 is 1.79 bits per heavy atom. The highest BCUT2D eigenvalue weighted by molar-refractivity contribution is 6.30.